The molecule has 0 bridgehead atoms. The molecule has 0 aliphatic carbocycles. The number of rotatable bonds is 6. The van der Waals surface area contributed by atoms with Crippen LogP contribution in [0, 0.1) is 0 Å². The van der Waals surface area contributed by atoms with Crippen molar-refractivity contribution >= 4 is 0 Å². The first-order valence-corrected chi connectivity index (χ1v) is 6.93. The van der Waals surface area contributed by atoms with E-state index in [1.165, 1.54) is 0 Å². The monoisotopic (exact) mass is 268 g/mol. The van der Waals surface area contributed by atoms with E-state index in [2.05, 4.69) is 15.4 Å². The van der Waals surface area contributed by atoms with Crippen molar-refractivity contribution in [2.24, 2.45) is 7.05 Å². The summed E-state index contributed by atoms with van der Waals surface area (Å²) in [6.45, 7) is 4.29. The van der Waals surface area contributed by atoms with Crippen molar-refractivity contribution in [2.45, 2.75) is 37.8 Å². The van der Waals surface area contributed by atoms with Crippen LogP contribution in [-0.4, -0.2) is 53.3 Å². The molecule has 0 amide bonds. The fourth-order valence-electron chi connectivity index (χ4n) is 2.84. The van der Waals surface area contributed by atoms with Crippen LogP contribution in [0.25, 0.3) is 0 Å². The topological polar surface area (TPSA) is 61.2 Å². The standard InChI is InChI=1S/C13H24N4O2/c1-4-19-13(5-7-18-8-6-13)11(14-2)9-12-15-10-16-17(12)3/h10-11,14H,4-9H2,1-3H3. The second kappa shape index (κ2) is 6.45. The Hall–Kier alpha value is -0.980. The van der Waals surface area contributed by atoms with Crippen LogP contribution in [0.1, 0.15) is 25.6 Å². The minimum absolute atomic E-state index is 0.159. The lowest BCUT2D eigenvalue weighted by Gasteiger charge is -2.42. The molecule has 1 unspecified atom stereocenters. The second-order valence-electron chi connectivity index (χ2n) is 4.96. The number of hydrogen-bond donors (Lipinski definition) is 1. The Morgan fingerprint density at radius 1 is 1.53 bits per heavy atom. The highest BCUT2D eigenvalue weighted by molar-refractivity contribution is 5.00. The first kappa shape index (κ1) is 14.4. The van der Waals surface area contributed by atoms with Crippen molar-refractivity contribution in [3.05, 3.63) is 12.2 Å². The summed E-state index contributed by atoms with van der Waals surface area (Å²) in [7, 11) is 3.91. The lowest BCUT2D eigenvalue weighted by Crippen LogP contribution is -2.55. The Bertz CT molecular complexity index is 382. The molecule has 1 aromatic rings. The largest absolute Gasteiger partial charge is 0.381 e. The molecule has 1 N–H and O–H groups in total. The second-order valence-corrected chi connectivity index (χ2v) is 4.96. The maximum Gasteiger partial charge on any atom is 0.138 e. The average Bonchev–Trinajstić information content (AvgIpc) is 2.82. The summed E-state index contributed by atoms with van der Waals surface area (Å²) in [4.78, 5) is 4.31. The quantitative estimate of drug-likeness (QED) is 0.815. The molecule has 1 fully saturated rings. The van der Waals surface area contributed by atoms with Crippen LogP contribution in [0.2, 0.25) is 0 Å². The van der Waals surface area contributed by atoms with E-state index in [0.29, 0.717) is 0 Å². The molecule has 1 saturated heterocycles. The Labute approximate surface area is 114 Å². The van der Waals surface area contributed by atoms with Crippen LogP contribution in [-0.2, 0) is 22.9 Å². The van der Waals surface area contributed by atoms with Gasteiger partial charge >= 0.3 is 0 Å². The van der Waals surface area contributed by atoms with E-state index in [-0.39, 0.29) is 11.6 Å². The van der Waals surface area contributed by atoms with Crippen LogP contribution < -0.4 is 5.32 Å². The molecule has 19 heavy (non-hydrogen) atoms. The number of aromatic nitrogens is 3. The molecule has 6 nitrogen and oxygen atoms in total. The van der Waals surface area contributed by atoms with Crippen LogP contribution in [0.3, 0.4) is 0 Å². The molecule has 2 heterocycles. The fraction of sp³-hybridized carbons (Fsp3) is 0.846. The third kappa shape index (κ3) is 3.13. The van der Waals surface area contributed by atoms with E-state index in [4.69, 9.17) is 9.47 Å². The molecule has 1 atom stereocenters. The minimum Gasteiger partial charge on any atom is -0.381 e. The molecular weight excluding hydrogens is 244 g/mol. The minimum atomic E-state index is -0.159. The summed E-state index contributed by atoms with van der Waals surface area (Å²) in [5, 5.41) is 7.53. The maximum absolute atomic E-state index is 6.11. The van der Waals surface area contributed by atoms with Gasteiger partial charge in [-0.2, -0.15) is 5.10 Å². The first-order chi connectivity index (χ1) is 9.22. The lowest BCUT2D eigenvalue weighted by atomic mass is 9.84. The summed E-state index contributed by atoms with van der Waals surface area (Å²) in [6, 6.07) is 0.222. The van der Waals surface area contributed by atoms with E-state index >= 15 is 0 Å². The number of hydrogen-bond acceptors (Lipinski definition) is 5. The van der Waals surface area contributed by atoms with Gasteiger partial charge in [-0.05, 0) is 14.0 Å². The SMILES string of the molecule is CCOC1(C(Cc2ncnn2C)NC)CCOCC1. The third-order valence-corrected chi connectivity index (χ3v) is 3.95. The van der Waals surface area contributed by atoms with Gasteiger partial charge in [0, 0.05) is 52.2 Å². The van der Waals surface area contributed by atoms with Gasteiger partial charge in [0.15, 0.2) is 0 Å². The van der Waals surface area contributed by atoms with Crippen molar-refractivity contribution in [1.29, 1.82) is 0 Å². The number of nitrogens with zero attached hydrogens (tertiary/aromatic N) is 3. The molecule has 108 valence electrons. The van der Waals surface area contributed by atoms with Crippen LogP contribution in [0.15, 0.2) is 6.33 Å². The van der Waals surface area contributed by atoms with Gasteiger partial charge in [0.25, 0.3) is 0 Å². The normalized spacial score (nSPS) is 20.4. The van der Waals surface area contributed by atoms with E-state index in [1.807, 2.05) is 25.7 Å². The molecular formula is C13H24N4O2. The van der Waals surface area contributed by atoms with E-state index in [9.17, 15) is 0 Å². The van der Waals surface area contributed by atoms with E-state index < -0.39 is 0 Å². The zero-order valence-corrected chi connectivity index (χ0v) is 12.1. The van der Waals surface area contributed by atoms with Gasteiger partial charge in [0.05, 0.1) is 5.60 Å². The van der Waals surface area contributed by atoms with E-state index in [1.54, 1.807) is 6.33 Å². The lowest BCUT2D eigenvalue weighted by molar-refractivity contribution is -0.125. The van der Waals surface area contributed by atoms with Gasteiger partial charge in [0.1, 0.15) is 12.2 Å². The summed E-state index contributed by atoms with van der Waals surface area (Å²) in [6.07, 6.45) is 4.25. The number of ether oxygens (including phenoxy) is 2. The predicted octanol–water partition coefficient (Wildman–Crippen LogP) is 0.531. The molecule has 1 aliphatic rings. The van der Waals surface area contributed by atoms with Gasteiger partial charge in [-0.3, -0.25) is 4.68 Å². The Morgan fingerprint density at radius 3 is 2.79 bits per heavy atom. The number of aryl methyl sites for hydroxylation is 1. The molecule has 0 radical (unpaired) electrons. The van der Waals surface area contributed by atoms with Gasteiger partial charge in [-0.15, -0.1) is 0 Å². The van der Waals surface area contributed by atoms with Crippen LogP contribution >= 0.6 is 0 Å². The van der Waals surface area contributed by atoms with Gasteiger partial charge < -0.3 is 14.8 Å². The molecule has 6 heteroatoms. The van der Waals surface area contributed by atoms with Crippen LogP contribution in [0.4, 0.5) is 0 Å². The van der Waals surface area contributed by atoms with Gasteiger partial charge in [0.2, 0.25) is 0 Å². The molecule has 2 rings (SSSR count). The highest BCUT2D eigenvalue weighted by Gasteiger charge is 2.41. The zero-order valence-electron chi connectivity index (χ0n) is 12.1. The van der Waals surface area contributed by atoms with Crippen molar-refractivity contribution in [3.63, 3.8) is 0 Å². The Balaban J connectivity index is 2.14. The highest BCUT2D eigenvalue weighted by atomic mass is 16.5. The van der Waals surface area contributed by atoms with Crippen molar-refractivity contribution < 1.29 is 9.47 Å². The first-order valence-electron chi connectivity index (χ1n) is 6.93. The smallest absolute Gasteiger partial charge is 0.138 e. The third-order valence-electron chi connectivity index (χ3n) is 3.95. The molecule has 0 aromatic carbocycles. The van der Waals surface area contributed by atoms with Crippen molar-refractivity contribution in [3.8, 4) is 0 Å². The summed E-state index contributed by atoms with van der Waals surface area (Å²) < 4.78 is 13.4. The predicted molar refractivity (Wildman–Crippen MR) is 72.0 cm³/mol. The van der Waals surface area contributed by atoms with Gasteiger partial charge in [-0.1, -0.05) is 0 Å². The average molecular weight is 268 g/mol. The van der Waals surface area contributed by atoms with Crippen molar-refractivity contribution in [2.75, 3.05) is 26.9 Å². The van der Waals surface area contributed by atoms with Crippen LogP contribution in [0.5, 0.6) is 0 Å². The Kier molecular flexibility index (Phi) is 4.90. The number of likely N-dealkylation sites (N-methyl/N-ethyl adjacent to an activating group) is 1. The number of nitrogens with one attached hydrogen (secondary N) is 1. The maximum atomic E-state index is 6.11. The summed E-state index contributed by atoms with van der Waals surface area (Å²) in [5.74, 6) is 0.977. The zero-order chi connectivity index (χ0) is 13.7. The van der Waals surface area contributed by atoms with E-state index in [0.717, 1.165) is 44.9 Å². The molecule has 0 saturated carbocycles. The summed E-state index contributed by atoms with van der Waals surface area (Å²) in [5.41, 5.74) is -0.159. The molecule has 1 aliphatic heterocycles. The van der Waals surface area contributed by atoms with Gasteiger partial charge in [-0.25, -0.2) is 4.98 Å². The summed E-state index contributed by atoms with van der Waals surface area (Å²) >= 11 is 0. The molecule has 0 spiro atoms. The fourth-order valence-corrected chi connectivity index (χ4v) is 2.84. The highest BCUT2D eigenvalue weighted by Crippen LogP contribution is 2.30. The molecule has 1 aromatic heterocycles. The Morgan fingerprint density at radius 2 is 2.26 bits per heavy atom. The van der Waals surface area contributed by atoms with Crippen molar-refractivity contribution in [1.82, 2.24) is 20.1 Å².